The number of aliphatic hydroxyl groups excluding tert-OH is 3. The van der Waals surface area contributed by atoms with Gasteiger partial charge < -0.3 is 29.8 Å². The maximum Gasteiger partial charge on any atom is 0.194 e. The van der Waals surface area contributed by atoms with Crippen molar-refractivity contribution in [2.45, 2.75) is 31.0 Å². The molecule has 0 spiro atoms. The van der Waals surface area contributed by atoms with E-state index in [2.05, 4.69) is 15.3 Å². The highest BCUT2D eigenvalue weighted by atomic mass is 16.6. The number of hydrogen-bond donors (Lipinski definition) is 4. The molecule has 0 unspecified atom stereocenters. The van der Waals surface area contributed by atoms with Crippen LogP contribution in [-0.2, 0) is 11.3 Å². The number of anilines is 1. The lowest BCUT2D eigenvalue weighted by molar-refractivity contribution is -0.0226. The Morgan fingerprint density at radius 1 is 1.08 bits per heavy atom. The molecule has 0 amide bonds. The molecule has 26 heavy (non-hydrogen) atoms. The van der Waals surface area contributed by atoms with Gasteiger partial charge in [0, 0.05) is 12.1 Å². The van der Waals surface area contributed by atoms with Gasteiger partial charge in [-0.15, -0.1) is 0 Å². The average Bonchev–Trinajstić information content (AvgIpc) is 3.23. The van der Waals surface area contributed by atoms with Gasteiger partial charge in [0.15, 0.2) is 11.4 Å². The van der Waals surface area contributed by atoms with Gasteiger partial charge in [0.1, 0.15) is 36.3 Å². The number of nitrogens with zero attached hydrogens (tertiary/aromatic N) is 2. The Labute approximate surface area is 149 Å². The summed E-state index contributed by atoms with van der Waals surface area (Å²) in [4.78, 5) is 8.45. The van der Waals surface area contributed by atoms with Crippen molar-refractivity contribution in [3.63, 3.8) is 0 Å². The predicted octanol–water partition coefficient (Wildman–Crippen LogP) is 0.989. The first-order valence-electron chi connectivity index (χ1n) is 8.31. The van der Waals surface area contributed by atoms with Gasteiger partial charge in [-0.3, -0.25) is 0 Å². The van der Waals surface area contributed by atoms with E-state index in [0.29, 0.717) is 29.0 Å². The van der Waals surface area contributed by atoms with Gasteiger partial charge in [0.25, 0.3) is 0 Å². The maximum atomic E-state index is 10.2. The van der Waals surface area contributed by atoms with E-state index in [0.717, 1.165) is 5.56 Å². The topological polar surface area (TPSA) is 121 Å². The molecule has 1 aliphatic rings. The van der Waals surface area contributed by atoms with Crippen LogP contribution in [0.25, 0.3) is 11.1 Å². The molecule has 1 aromatic carbocycles. The molecular weight excluding hydrogens is 338 g/mol. The monoisotopic (exact) mass is 357 g/mol. The van der Waals surface area contributed by atoms with Gasteiger partial charge in [-0.1, -0.05) is 30.3 Å². The fourth-order valence-electron chi connectivity index (χ4n) is 3.14. The van der Waals surface area contributed by atoms with E-state index >= 15 is 0 Å². The van der Waals surface area contributed by atoms with Crippen LogP contribution in [-0.4, -0.2) is 50.2 Å². The Bertz CT molecular complexity index is 885. The lowest BCUT2D eigenvalue weighted by atomic mass is 10.0. The zero-order valence-corrected chi connectivity index (χ0v) is 13.8. The van der Waals surface area contributed by atoms with Gasteiger partial charge in [0.2, 0.25) is 0 Å². The molecule has 4 atom stereocenters. The molecule has 0 bridgehead atoms. The number of aliphatic hydroxyl groups is 3. The lowest BCUT2D eigenvalue weighted by Gasteiger charge is -2.12. The third-order valence-electron chi connectivity index (χ3n) is 4.53. The maximum absolute atomic E-state index is 10.2. The van der Waals surface area contributed by atoms with Crippen molar-refractivity contribution in [3.8, 4) is 0 Å². The van der Waals surface area contributed by atoms with Crippen LogP contribution in [0, 0.1) is 0 Å². The minimum Gasteiger partial charge on any atom is -0.458 e. The number of benzene rings is 1. The fourth-order valence-corrected chi connectivity index (χ4v) is 3.14. The number of nitrogens with one attached hydrogen (secondary N) is 1. The Morgan fingerprint density at radius 3 is 2.62 bits per heavy atom. The van der Waals surface area contributed by atoms with Crippen molar-refractivity contribution in [1.29, 1.82) is 0 Å². The molecule has 4 N–H and O–H groups in total. The van der Waals surface area contributed by atoms with Gasteiger partial charge in [-0.2, -0.15) is 0 Å². The van der Waals surface area contributed by atoms with E-state index in [1.165, 1.54) is 12.6 Å². The molecule has 3 heterocycles. The first-order chi connectivity index (χ1) is 12.7. The molecule has 0 radical (unpaired) electrons. The summed E-state index contributed by atoms with van der Waals surface area (Å²) in [5, 5.41) is 32.6. The van der Waals surface area contributed by atoms with Crippen LogP contribution in [0.1, 0.15) is 17.2 Å². The standard InChI is InChI=1S/C18H19N3O5/c22-7-12-14(23)15(24)16(26-12)11-8-25-17-13(11)20-9-21-18(17)19-6-10-4-2-1-3-5-10/h1-5,8-9,12,14-16,22-24H,6-7H2,(H,19,20,21)/t12-,14-,15-,16+/m1/s1. The molecule has 1 fully saturated rings. The number of fused-ring (bicyclic) bond motifs is 1. The second-order valence-corrected chi connectivity index (χ2v) is 6.19. The lowest BCUT2D eigenvalue weighted by Crippen LogP contribution is -2.32. The SMILES string of the molecule is OC[C@H]1O[C@@H](c2coc3c(NCc4ccccc4)ncnc23)[C@H](O)[C@@H]1O. The molecule has 0 aliphatic carbocycles. The van der Waals surface area contributed by atoms with E-state index in [-0.39, 0.29) is 6.61 Å². The highest BCUT2D eigenvalue weighted by Crippen LogP contribution is 2.38. The number of rotatable bonds is 5. The highest BCUT2D eigenvalue weighted by Gasteiger charge is 2.44. The summed E-state index contributed by atoms with van der Waals surface area (Å²) < 4.78 is 11.2. The second kappa shape index (κ2) is 7.00. The highest BCUT2D eigenvalue weighted by molar-refractivity contribution is 5.86. The second-order valence-electron chi connectivity index (χ2n) is 6.19. The minimum atomic E-state index is -1.18. The Hall–Kier alpha value is -2.52. The summed E-state index contributed by atoms with van der Waals surface area (Å²) in [6.07, 6.45) is -1.20. The summed E-state index contributed by atoms with van der Waals surface area (Å²) >= 11 is 0. The normalized spacial score (nSPS) is 25.7. The molecule has 0 saturated carbocycles. The zero-order valence-electron chi connectivity index (χ0n) is 13.8. The van der Waals surface area contributed by atoms with Crippen molar-refractivity contribution in [2.24, 2.45) is 0 Å². The van der Waals surface area contributed by atoms with Crippen molar-refractivity contribution >= 4 is 16.9 Å². The van der Waals surface area contributed by atoms with Gasteiger partial charge in [0.05, 0.1) is 12.9 Å². The molecular formula is C18H19N3O5. The van der Waals surface area contributed by atoms with Crippen LogP contribution in [0.4, 0.5) is 5.82 Å². The van der Waals surface area contributed by atoms with Gasteiger partial charge in [-0.05, 0) is 5.56 Å². The Kier molecular flexibility index (Phi) is 4.56. The molecule has 2 aromatic heterocycles. The van der Waals surface area contributed by atoms with E-state index in [1.54, 1.807) is 0 Å². The summed E-state index contributed by atoms with van der Waals surface area (Å²) in [6.45, 7) is 0.181. The van der Waals surface area contributed by atoms with Crippen LogP contribution in [0.3, 0.4) is 0 Å². The smallest absolute Gasteiger partial charge is 0.194 e. The third kappa shape index (κ3) is 2.93. The Balaban J connectivity index is 1.61. The predicted molar refractivity (Wildman–Crippen MR) is 92.3 cm³/mol. The van der Waals surface area contributed by atoms with E-state index in [4.69, 9.17) is 9.15 Å². The van der Waals surface area contributed by atoms with Crippen LogP contribution < -0.4 is 5.32 Å². The third-order valence-corrected chi connectivity index (χ3v) is 4.53. The quantitative estimate of drug-likeness (QED) is 0.533. The number of aromatic nitrogens is 2. The molecule has 3 aromatic rings. The van der Waals surface area contributed by atoms with Crippen molar-refractivity contribution < 1.29 is 24.5 Å². The first-order valence-corrected chi connectivity index (χ1v) is 8.31. The van der Waals surface area contributed by atoms with Gasteiger partial charge in [-0.25, -0.2) is 9.97 Å². The summed E-state index contributed by atoms with van der Waals surface area (Å²) in [6, 6.07) is 9.86. The zero-order chi connectivity index (χ0) is 18.1. The molecule has 1 aliphatic heterocycles. The van der Waals surface area contributed by atoms with Crippen LogP contribution in [0.2, 0.25) is 0 Å². The minimum absolute atomic E-state index is 0.386. The van der Waals surface area contributed by atoms with E-state index in [9.17, 15) is 15.3 Å². The molecule has 4 rings (SSSR count). The Morgan fingerprint density at radius 2 is 1.88 bits per heavy atom. The number of hydrogen-bond acceptors (Lipinski definition) is 8. The van der Waals surface area contributed by atoms with Crippen molar-refractivity contribution in [2.75, 3.05) is 11.9 Å². The van der Waals surface area contributed by atoms with E-state index < -0.39 is 24.4 Å². The van der Waals surface area contributed by atoms with Gasteiger partial charge >= 0.3 is 0 Å². The first kappa shape index (κ1) is 16.9. The summed E-state index contributed by atoms with van der Waals surface area (Å²) in [5.74, 6) is 0.525. The summed E-state index contributed by atoms with van der Waals surface area (Å²) in [7, 11) is 0. The fraction of sp³-hybridized carbons (Fsp3) is 0.333. The average molecular weight is 357 g/mol. The van der Waals surface area contributed by atoms with Crippen LogP contribution in [0.15, 0.2) is 47.3 Å². The largest absolute Gasteiger partial charge is 0.458 e. The molecule has 8 heteroatoms. The van der Waals surface area contributed by atoms with Crippen LogP contribution in [0.5, 0.6) is 0 Å². The van der Waals surface area contributed by atoms with E-state index in [1.807, 2.05) is 30.3 Å². The van der Waals surface area contributed by atoms with Crippen molar-refractivity contribution in [1.82, 2.24) is 9.97 Å². The molecule has 1 saturated heterocycles. The number of furan rings is 1. The van der Waals surface area contributed by atoms with Crippen LogP contribution >= 0.6 is 0 Å². The van der Waals surface area contributed by atoms with Crippen molar-refractivity contribution in [3.05, 3.63) is 54.0 Å². The molecule has 8 nitrogen and oxygen atoms in total. The number of ether oxygens (including phenoxy) is 1. The summed E-state index contributed by atoms with van der Waals surface area (Å²) in [5.41, 5.74) is 2.53. The molecule has 136 valence electrons.